The second-order valence-electron chi connectivity index (χ2n) is 4.03. The average molecular weight is 225 g/mol. The molecule has 0 bridgehead atoms. The van der Waals surface area contributed by atoms with Crippen LogP contribution in [0.2, 0.25) is 0 Å². The SMILES string of the molecule is COc1cccc(C(C)(C)C(O)C(=O)O)n1. The second-order valence-corrected chi connectivity index (χ2v) is 4.03. The van der Waals surface area contributed by atoms with Crippen molar-refractivity contribution in [1.29, 1.82) is 0 Å². The Bertz CT molecular complexity index is 389. The molecule has 1 unspecified atom stereocenters. The summed E-state index contributed by atoms with van der Waals surface area (Å²) >= 11 is 0. The van der Waals surface area contributed by atoms with Gasteiger partial charge >= 0.3 is 5.97 Å². The van der Waals surface area contributed by atoms with Gasteiger partial charge in [-0.25, -0.2) is 9.78 Å². The number of aliphatic carboxylic acids is 1. The Kier molecular flexibility index (Phi) is 3.49. The van der Waals surface area contributed by atoms with Crippen molar-refractivity contribution in [3.8, 4) is 5.88 Å². The van der Waals surface area contributed by atoms with Crippen molar-refractivity contribution in [2.75, 3.05) is 7.11 Å². The summed E-state index contributed by atoms with van der Waals surface area (Å²) in [6.07, 6.45) is -1.51. The summed E-state index contributed by atoms with van der Waals surface area (Å²) in [5, 5.41) is 18.4. The van der Waals surface area contributed by atoms with E-state index < -0.39 is 17.5 Å². The first kappa shape index (κ1) is 12.4. The molecule has 1 heterocycles. The highest BCUT2D eigenvalue weighted by Crippen LogP contribution is 2.27. The van der Waals surface area contributed by atoms with Gasteiger partial charge in [0.15, 0.2) is 6.10 Å². The van der Waals surface area contributed by atoms with Gasteiger partial charge < -0.3 is 14.9 Å². The third kappa shape index (κ3) is 2.30. The Morgan fingerprint density at radius 3 is 2.62 bits per heavy atom. The second kappa shape index (κ2) is 4.49. The van der Waals surface area contributed by atoms with Gasteiger partial charge in [0.2, 0.25) is 5.88 Å². The molecular weight excluding hydrogens is 210 g/mol. The average Bonchev–Trinajstić information content (AvgIpc) is 2.27. The lowest BCUT2D eigenvalue weighted by Gasteiger charge is -2.27. The molecule has 0 spiro atoms. The fourth-order valence-electron chi connectivity index (χ4n) is 1.34. The van der Waals surface area contributed by atoms with Crippen LogP contribution in [0, 0.1) is 0 Å². The van der Waals surface area contributed by atoms with E-state index >= 15 is 0 Å². The Hall–Kier alpha value is -1.62. The van der Waals surface area contributed by atoms with E-state index in [9.17, 15) is 9.90 Å². The van der Waals surface area contributed by atoms with Crippen LogP contribution in [0.5, 0.6) is 5.88 Å². The highest BCUT2D eigenvalue weighted by atomic mass is 16.5. The summed E-state index contributed by atoms with van der Waals surface area (Å²) in [6, 6.07) is 5.03. The number of aromatic nitrogens is 1. The number of carboxylic acid groups (broad SMARTS) is 1. The molecule has 0 aliphatic carbocycles. The number of methoxy groups -OCH3 is 1. The molecular formula is C11H15NO4. The fourth-order valence-corrected chi connectivity index (χ4v) is 1.34. The van der Waals surface area contributed by atoms with Crippen LogP contribution < -0.4 is 4.74 Å². The van der Waals surface area contributed by atoms with Crippen LogP contribution in [0.4, 0.5) is 0 Å². The Morgan fingerprint density at radius 2 is 2.12 bits per heavy atom. The lowest BCUT2D eigenvalue weighted by atomic mass is 9.82. The zero-order valence-corrected chi connectivity index (χ0v) is 9.47. The minimum absolute atomic E-state index is 0.392. The van der Waals surface area contributed by atoms with Crippen LogP contribution in [0.1, 0.15) is 19.5 Å². The van der Waals surface area contributed by atoms with E-state index in [4.69, 9.17) is 9.84 Å². The molecule has 88 valence electrons. The van der Waals surface area contributed by atoms with Gasteiger partial charge in [0, 0.05) is 11.5 Å². The van der Waals surface area contributed by atoms with Gasteiger partial charge in [-0.3, -0.25) is 0 Å². The predicted octanol–water partition coefficient (Wildman–Crippen LogP) is 0.813. The summed E-state index contributed by atoms with van der Waals surface area (Å²) in [7, 11) is 1.48. The van der Waals surface area contributed by atoms with Gasteiger partial charge in [-0.1, -0.05) is 19.9 Å². The molecule has 1 aromatic heterocycles. The first-order valence-corrected chi connectivity index (χ1v) is 4.82. The number of pyridine rings is 1. The Morgan fingerprint density at radius 1 is 1.50 bits per heavy atom. The molecule has 1 rings (SSSR count). The number of aliphatic hydroxyl groups is 1. The largest absolute Gasteiger partial charge is 0.481 e. The lowest BCUT2D eigenvalue weighted by molar-refractivity contribution is -0.150. The normalized spacial score (nSPS) is 13.2. The maximum Gasteiger partial charge on any atom is 0.333 e. The number of rotatable bonds is 4. The molecule has 16 heavy (non-hydrogen) atoms. The first-order valence-electron chi connectivity index (χ1n) is 4.82. The maximum atomic E-state index is 10.8. The number of carboxylic acids is 1. The van der Waals surface area contributed by atoms with Crippen molar-refractivity contribution in [1.82, 2.24) is 4.98 Å². The third-order valence-electron chi connectivity index (χ3n) is 2.51. The molecule has 0 aromatic carbocycles. The molecule has 0 radical (unpaired) electrons. The molecule has 0 fully saturated rings. The quantitative estimate of drug-likeness (QED) is 0.792. The van der Waals surface area contributed by atoms with Gasteiger partial charge in [-0.15, -0.1) is 0 Å². The summed E-state index contributed by atoms with van der Waals surface area (Å²) in [5.74, 6) is -0.877. The van der Waals surface area contributed by atoms with E-state index in [1.54, 1.807) is 32.0 Å². The van der Waals surface area contributed by atoms with E-state index in [1.807, 2.05) is 0 Å². The van der Waals surface area contributed by atoms with E-state index in [2.05, 4.69) is 4.98 Å². The predicted molar refractivity (Wildman–Crippen MR) is 57.5 cm³/mol. The molecule has 1 aromatic rings. The highest BCUT2D eigenvalue weighted by Gasteiger charge is 2.36. The Labute approximate surface area is 93.7 Å². The number of carbonyl (C=O) groups is 1. The number of hydrogen-bond acceptors (Lipinski definition) is 4. The van der Waals surface area contributed by atoms with Crippen LogP contribution in [0.15, 0.2) is 18.2 Å². The van der Waals surface area contributed by atoms with E-state index in [0.717, 1.165) is 0 Å². The van der Waals surface area contributed by atoms with Crippen LogP contribution in [0.3, 0.4) is 0 Å². The summed E-state index contributed by atoms with van der Waals surface area (Å²) in [5.41, 5.74) is -0.498. The number of ether oxygens (including phenoxy) is 1. The number of hydrogen-bond donors (Lipinski definition) is 2. The van der Waals surface area contributed by atoms with Crippen molar-refractivity contribution in [3.05, 3.63) is 23.9 Å². The molecule has 2 N–H and O–H groups in total. The van der Waals surface area contributed by atoms with Crippen molar-refractivity contribution in [2.24, 2.45) is 0 Å². The van der Waals surface area contributed by atoms with Crippen LogP contribution >= 0.6 is 0 Å². The maximum absolute atomic E-state index is 10.8. The summed E-state index contributed by atoms with van der Waals surface area (Å²) in [6.45, 7) is 3.24. The number of aliphatic hydroxyl groups excluding tert-OH is 1. The van der Waals surface area contributed by atoms with Crippen molar-refractivity contribution in [2.45, 2.75) is 25.4 Å². The molecule has 5 nitrogen and oxygen atoms in total. The molecule has 0 amide bonds. The molecule has 0 saturated heterocycles. The van der Waals surface area contributed by atoms with Gasteiger partial charge in [0.25, 0.3) is 0 Å². The zero-order chi connectivity index (χ0) is 12.3. The highest BCUT2D eigenvalue weighted by molar-refractivity contribution is 5.74. The van der Waals surface area contributed by atoms with E-state index in [0.29, 0.717) is 11.6 Å². The minimum Gasteiger partial charge on any atom is -0.481 e. The van der Waals surface area contributed by atoms with E-state index in [1.165, 1.54) is 7.11 Å². The molecule has 1 atom stereocenters. The van der Waals surface area contributed by atoms with Crippen molar-refractivity contribution < 1.29 is 19.7 Å². The molecule has 0 aliphatic rings. The van der Waals surface area contributed by atoms with Gasteiger partial charge in [-0.05, 0) is 6.07 Å². The molecule has 0 aliphatic heterocycles. The van der Waals surface area contributed by atoms with Crippen LogP contribution in [0.25, 0.3) is 0 Å². The molecule has 0 saturated carbocycles. The zero-order valence-electron chi connectivity index (χ0n) is 9.47. The lowest BCUT2D eigenvalue weighted by Crippen LogP contribution is -2.40. The van der Waals surface area contributed by atoms with Gasteiger partial charge in [-0.2, -0.15) is 0 Å². The first-order chi connectivity index (χ1) is 7.39. The standard InChI is InChI=1S/C11H15NO4/c1-11(2,9(13)10(14)15)7-5-4-6-8(12-7)16-3/h4-6,9,13H,1-3H3,(H,14,15). The minimum atomic E-state index is -1.51. The smallest absolute Gasteiger partial charge is 0.333 e. The number of nitrogens with zero attached hydrogens (tertiary/aromatic N) is 1. The van der Waals surface area contributed by atoms with Gasteiger partial charge in [0.05, 0.1) is 12.8 Å². The third-order valence-corrected chi connectivity index (χ3v) is 2.51. The monoisotopic (exact) mass is 225 g/mol. The fraction of sp³-hybridized carbons (Fsp3) is 0.455. The van der Waals surface area contributed by atoms with Gasteiger partial charge in [0.1, 0.15) is 0 Å². The molecule has 5 heteroatoms. The van der Waals surface area contributed by atoms with E-state index in [-0.39, 0.29) is 0 Å². The van der Waals surface area contributed by atoms with Crippen LogP contribution in [-0.4, -0.2) is 34.4 Å². The topological polar surface area (TPSA) is 79.7 Å². The van der Waals surface area contributed by atoms with Crippen molar-refractivity contribution in [3.63, 3.8) is 0 Å². The van der Waals surface area contributed by atoms with Crippen molar-refractivity contribution >= 4 is 5.97 Å². The summed E-state index contributed by atoms with van der Waals surface area (Å²) < 4.78 is 4.95. The summed E-state index contributed by atoms with van der Waals surface area (Å²) in [4.78, 5) is 14.9. The van der Waals surface area contributed by atoms with Crippen LogP contribution in [-0.2, 0) is 10.2 Å². The Balaban J connectivity index is 3.10.